The predicted molar refractivity (Wildman–Crippen MR) is 87.3 cm³/mol. The van der Waals surface area contributed by atoms with Crippen LogP contribution < -0.4 is 10.1 Å². The van der Waals surface area contributed by atoms with Crippen LogP contribution >= 0.6 is 0 Å². The van der Waals surface area contributed by atoms with Crippen molar-refractivity contribution in [3.05, 3.63) is 29.8 Å². The van der Waals surface area contributed by atoms with Gasteiger partial charge in [-0.05, 0) is 30.9 Å². The summed E-state index contributed by atoms with van der Waals surface area (Å²) >= 11 is 0. The summed E-state index contributed by atoms with van der Waals surface area (Å²) in [4.78, 5) is 23.9. The van der Waals surface area contributed by atoms with Crippen molar-refractivity contribution in [2.75, 3.05) is 13.7 Å². The van der Waals surface area contributed by atoms with E-state index >= 15 is 0 Å². The highest BCUT2D eigenvalue weighted by Crippen LogP contribution is 2.37. The van der Waals surface area contributed by atoms with Crippen LogP contribution in [-0.4, -0.2) is 30.6 Å². The van der Waals surface area contributed by atoms with Gasteiger partial charge < -0.3 is 15.2 Å². The molecule has 1 fully saturated rings. The van der Waals surface area contributed by atoms with Crippen LogP contribution in [0.5, 0.6) is 5.75 Å². The summed E-state index contributed by atoms with van der Waals surface area (Å²) in [7, 11) is 1.53. The number of hydrogen-bond donors (Lipinski definition) is 2. The number of carboxylic acid groups (broad SMARTS) is 1. The number of benzene rings is 1. The second-order valence-electron chi connectivity index (χ2n) is 6.16. The third-order valence-electron chi connectivity index (χ3n) is 4.62. The number of rotatable bonds is 7. The molecule has 1 saturated carbocycles. The van der Waals surface area contributed by atoms with E-state index in [1.54, 1.807) is 6.07 Å². The molecule has 0 radical (unpaired) electrons. The van der Waals surface area contributed by atoms with E-state index in [4.69, 9.17) is 4.74 Å². The van der Waals surface area contributed by atoms with E-state index in [2.05, 4.69) is 11.4 Å². The van der Waals surface area contributed by atoms with E-state index in [0.29, 0.717) is 18.6 Å². The molecule has 0 spiro atoms. The number of amides is 1. The molecular weight excluding hydrogens is 308 g/mol. The van der Waals surface area contributed by atoms with Crippen LogP contribution in [0.3, 0.4) is 0 Å². The van der Waals surface area contributed by atoms with Crippen molar-refractivity contribution in [2.45, 2.75) is 32.1 Å². The van der Waals surface area contributed by atoms with Crippen molar-refractivity contribution in [1.29, 1.82) is 5.26 Å². The van der Waals surface area contributed by atoms with Crippen LogP contribution in [0.2, 0.25) is 0 Å². The minimum atomic E-state index is -0.993. The first-order valence-corrected chi connectivity index (χ1v) is 8.06. The Balaban J connectivity index is 2.03. The van der Waals surface area contributed by atoms with Crippen molar-refractivity contribution in [3.8, 4) is 11.8 Å². The van der Waals surface area contributed by atoms with Crippen molar-refractivity contribution in [3.63, 3.8) is 0 Å². The van der Waals surface area contributed by atoms with E-state index in [0.717, 1.165) is 18.4 Å². The molecule has 0 bridgehead atoms. The molecule has 1 aromatic carbocycles. The van der Waals surface area contributed by atoms with Gasteiger partial charge in [0.25, 0.3) is 0 Å². The number of carboxylic acids is 1. The lowest BCUT2D eigenvalue weighted by molar-refractivity contribution is -0.141. The lowest BCUT2D eigenvalue weighted by atomic mass is 9.86. The Morgan fingerprint density at radius 1 is 1.38 bits per heavy atom. The molecule has 1 aromatic rings. The standard InChI is InChI=1S/C18H22N2O4/c1-24-15-7-3-2-6-13(15)10-14(16(21)22)11-20-17(23)18(12-19)8-4-5-9-18/h2-3,6-7,14H,4-5,8-11H2,1H3,(H,20,23)(H,21,22). The number of carbonyl (C=O) groups excluding carboxylic acids is 1. The summed E-state index contributed by atoms with van der Waals surface area (Å²) in [5, 5.41) is 21.4. The molecule has 0 heterocycles. The van der Waals surface area contributed by atoms with Gasteiger partial charge in [-0.15, -0.1) is 0 Å². The van der Waals surface area contributed by atoms with E-state index in [9.17, 15) is 20.0 Å². The normalized spacial score (nSPS) is 16.8. The highest BCUT2D eigenvalue weighted by molar-refractivity contribution is 5.86. The summed E-state index contributed by atoms with van der Waals surface area (Å²) < 4.78 is 5.24. The van der Waals surface area contributed by atoms with E-state index in [1.165, 1.54) is 7.11 Å². The minimum absolute atomic E-state index is 0.00432. The molecule has 1 amide bonds. The van der Waals surface area contributed by atoms with Crippen molar-refractivity contribution >= 4 is 11.9 Å². The maximum Gasteiger partial charge on any atom is 0.308 e. The third kappa shape index (κ3) is 3.85. The Morgan fingerprint density at radius 3 is 2.62 bits per heavy atom. The average molecular weight is 330 g/mol. The van der Waals surface area contributed by atoms with Crippen molar-refractivity contribution < 1.29 is 19.4 Å². The fraction of sp³-hybridized carbons (Fsp3) is 0.500. The number of carbonyl (C=O) groups is 2. The molecule has 6 heteroatoms. The summed E-state index contributed by atoms with van der Waals surface area (Å²) in [6.07, 6.45) is 3.04. The predicted octanol–water partition coefficient (Wildman–Crippen LogP) is 2.14. The number of methoxy groups -OCH3 is 1. The molecule has 0 aromatic heterocycles. The lowest BCUT2D eigenvalue weighted by Gasteiger charge is -2.21. The SMILES string of the molecule is COc1ccccc1CC(CNC(=O)C1(C#N)CCCC1)C(=O)O. The molecule has 2 N–H and O–H groups in total. The number of ether oxygens (including phenoxy) is 1. The first kappa shape index (κ1) is 17.8. The van der Waals surface area contributed by atoms with E-state index in [1.807, 2.05) is 18.2 Å². The topological polar surface area (TPSA) is 99.4 Å². The molecule has 2 rings (SSSR count). The maximum absolute atomic E-state index is 12.3. The molecule has 6 nitrogen and oxygen atoms in total. The van der Waals surface area contributed by atoms with Crippen LogP contribution in [0.25, 0.3) is 0 Å². The monoisotopic (exact) mass is 330 g/mol. The van der Waals surface area contributed by atoms with Gasteiger partial charge in [-0.2, -0.15) is 5.26 Å². The molecule has 1 aliphatic carbocycles. The zero-order valence-corrected chi connectivity index (χ0v) is 13.7. The van der Waals surface area contributed by atoms with Gasteiger partial charge in [-0.3, -0.25) is 9.59 Å². The lowest BCUT2D eigenvalue weighted by Crippen LogP contribution is -2.42. The van der Waals surface area contributed by atoms with Gasteiger partial charge in [0.15, 0.2) is 0 Å². The Morgan fingerprint density at radius 2 is 2.04 bits per heavy atom. The van der Waals surface area contributed by atoms with Crippen LogP contribution in [0.15, 0.2) is 24.3 Å². The molecular formula is C18H22N2O4. The van der Waals surface area contributed by atoms with Crippen LogP contribution in [0.1, 0.15) is 31.2 Å². The highest BCUT2D eigenvalue weighted by Gasteiger charge is 2.41. The van der Waals surface area contributed by atoms with Gasteiger partial charge in [-0.1, -0.05) is 31.0 Å². The number of nitriles is 1. The Bertz CT molecular complexity index is 645. The zero-order chi connectivity index (χ0) is 17.6. The van der Waals surface area contributed by atoms with Gasteiger partial charge in [0.2, 0.25) is 5.91 Å². The fourth-order valence-corrected chi connectivity index (χ4v) is 3.14. The smallest absolute Gasteiger partial charge is 0.308 e. The Kier molecular flexibility index (Phi) is 5.80. The molecule has 0 aliphatic heterocycles. The molecule has 1 unspecified atom stereocenters. The summed E-state index contributed by atoms with van der Waals surface area (Å²) in [5.74, 6) is -1.49. The fourth-order valence-electron chi connectivity index (χ4n) is 3.14. The van der Waals surface area contributed by atoms with Crippen molar-refractivity contribution in [2.24, 2.45) is 11.3 Å². The van der Waals surface area contributed by atoms with Crippen LogP contribution in [0.4, 0.5) is 0 Å². The summed E-state index contributed by atoms with van der Waals surface area (Å²) in [6.45, 7) is -0.00432. The van der Waals surface area contributed by atoms with E-state index < -0.39 is 17.3 Å². The van der Waals surface area contributed by atoms with Gasteiger partial charge >= 0.3 is 5.97 Å². The number of aliphatic carboxylic acids is 1. The number of nitrogens with one attached hydrogen (secondary N) is 1. The van der Waals surface area contributed by atoms with Gasteiger partial charge in [0.05, 0.1) is 19.1 Å². The maximum atomic E-state index is 12.3. The third-order valence-corrected chi connectivity index (χ3v) is 4.62. The molecule has 128 valence electrons. The second kappa shape index (κ2) is 7.82. The number of para-hydroxylation sites is 1. The first-order chi connectivity index (χ1) is 11.5. The van der Waals surface area contributed by atoms with Crippen LogP contribution in [0, 0.1) is 22.7 Å². The summed E-state index contributed by atoms with van der Waals surface area (Å²) in [6, 6.07) is 9.34. The van der Waals surface area contributed by atoms with Gasteiger partial charge in [-0.25, -0.2) is 0 Å². The molecule has 0 saturated heterocycles. The first-order valence-electron chi connectivity index (χ1n) is 8.06. The highest BCUT2D eigenvalue weighted by atomic mass is 16.5. The van der Waals surface area contributed by atoms with Gasteiger partial charge in [0, 0.05) is 6.54 Å². The number of hydrogen-bond acceptors (Lipinski definition) is 4. The quantitative estimate of drug-likeness (QED) is 0.798. The Labute approximate surface area is 141 Å². The summed E-state index contributed by atoms with van der Waals surface area (Å²) in [5.41, 5.74) is -0.217. The Hall–Kier alpha value is -2.55. The second-order valence-corrected chi connectivity index (χ2v) is 6.16. The average Bonchev–Trinajstić information content (AvgIpc) is 3.08. The molecule has 1 aliphatic rings. The van der Waals surface area contributed by atoms with Crippen molar-refractivity contribution in [1.82, 2.24) is 5.32 Å². The van der Waals surface area contributed by atoms with Gasteiger partial charge in [0.1, 0.15) is 11.2 Å². The largest absolute Gasteiger partial charge is 0.496 e. The molecule has 1 atom stereocenters. The zero-order valence-electron chi connectivity index (χ0n) is 13.7. The van der Waals surface area contributed by atoms with E-state index in [-0.39, 0.29) is 18.9 Å². The molecule has 24 heavy (non-hydrogen) atoms. The van der Waals surface area contributed by atoms with Crippen LogP contribution in [-0.2, 0) is 16.0 Å². The minimum Gasteiger partial charge on any atom is -0.496 e. The number of nitrogens with zero attached hydrogens (tertiary/aromatic N) is 1.